The molecule has 1 saturated heterocycles. The van der Waals surface area contributed by atoms with Crippen molar-refractivity contribution in [1.29, 1.82) is 0 Å². The van der Waals surface area contributed by atoms with Crippen LogP contribution in [0.25, 0.3) is 10.9 Å². The van der Waals surface area contributed by atoms with Gasteiger partial charge >= 0.3 is 0 Å². The standard InChI is InChI=1S/C20H20FN5O/c21-16-7-5-15(6-8-16)13-22-19-17-3-1-2-4-18(17)23-20(24-19)26-11-9-25(14-27)10-12-26/h1-8,14H,9-13H2,(H,22,23,24). The zero-order chi connectivity index (χ0) is 18.6. The number of rotatable bonds is 5. The molecule has 1 aromatic heterocycles. The first-order valence-electron chi connectivity index (χ1n) is 8.92. The van der Waals surface area contributed by atoms with E-state index in [2.05, 4.69) is 10.2 Å². The number of piperazine rings is 1. The first-order valence-corrected chi connectivity index (χ1v) is 8.92. The first kappa shape index (κ1) is 17.2. The van der Waals surface area contributed by atoms with Crippen molar-refractivity contribution >= 4 is 29.1 Å². The van der Waals surface area contributed by atoms with Gasteiger partial charge in [-0.15, -0.1) is 0 Å². The zero-order valence-electron chi connectivity index (χ0n) is 14.8. The maximum absolute atomic E-state index is 13.1. The van der Waals surface area contributed by atoms with Crippen molar-refractivity contribution in [1.82, 2.24) is 14.9 Å². The molecule has 2 aromatic carbocycles. The highest BCUT2D eigenvalue weighted by Crippen LogP contribution is 2.24. The Labute approximate surface area is 156 Å². The van der Waals surface area contributed by atoms with Crippen molar-refractivity contribution in [2.24, 2.45) is 0 Å². The topological polar surface area (TPSA) is 61.4 Å². The molecule has 1 aliphatic rings. The maximum Gasteiger partial charge on any atom is 0.228 e. The summed E-state index contributed by atoms with van der Waals surface area (Å²) < 4.78 is 13.1. The lowest BCUT2D eigenvalue weighted by Gasteiger charge is -2.32. The molecule has 1 N–H and O–H groups in total. The number of carbonyl (C=O) groups is 1. The molecule has 0 radical (unpaired) electrons. The lowest BCUT2D eigenvalue weighted by Crippen LogP contribution is -2.46. The lowest BCUT2D eigenvalue weighted by molar-refractivity contribution is -0.118. The molecule has 0 aliphatic carbocycles. The average molecular weight is 365 g/mol. The number of fused-ring (bicyclic) bond motifs is 1. The fourth-order valence-electron chi connectivity index (χ4n) is 3.16. The Morgan fingerprint density at radius 1 is 1.00 bits per heavy atom. The van der Waals surface area contributed by atoms with Crippen LogP contribution < -0.4 is 10.2 Å². The van der Waals surface area contributed by atoms with Crippen LogP contribution in [0.1, 0.15) is 5.56 Å². The smallest absolute Gasteiger partial charge is 0.228 e. The molecule has 0 saturated carbocycles. The van der Waals surface area contributed by atoms with Gasteiger partial charge in [-0.2, -0.15) is 4.98 Å². The van der Waals surface area contributed by atoms with Crippen molar-refractivity contribution in [3.05, 3.63) is 59.9 Å². The van der Waals surface area contributed by atoms with E-state index in [9.17, 15) is 9.18 Å². The molecule has 7 heteroatoms. The first-order chi connectivity index (χ1) is 13.2. The van der Waals surface area contributed by atoms with Gasteiger partial charge in [0.2, 0.25) is 12.4 Å². The second kappa shape index (κ2) is 7.57. The highest BCUT2D eigenvalue weighted by atomic mass is 19.1. The molecular weight excluding hydrogens is 345 g/mol. The molecule has 0 unspecified atom stereocenters. The van der Waals surface area contributed by atoms with Crippen molar-refractivity contribution < 1.29 is 9.18 Å². The van der Waals surface area contributed by atoms with Crippen LogP contribution in [0.2, 0.25) is 0 Å². The number of carbonyl (C=O) groups excluding carboxylic acids is 1. The summed E-state index contributed by atoms with van der Waals surface area (Å²) in [5.74, 6) is 1.15. The van der Waals surface area contributed by atoms with Crippen LogP contribution in [0.3, 0.4) is 0 Å². The van der Waals surface area contributed by atoms with E-state index >= 15 is 0 Å². The Kier molecular flexibility index (Phi) is 4.82. The van der Waals surface area contributed by atoms with E-state index in [-0.39, 0.29) is 5.82 Å². The molecule has 0 atom stereocenters. The molecular formula is C20H20FN5O. The Balaban J connectivity index is 1.60. The number of nitrogens with zero attached hydrogens (tertiary/aromatic N) is 4. The second-order valence-corrected chi connectivity index (χ2v) is 6.50. The minimum Gasteiger partial charge on any atom is -0.365 e. The van der Waals surface area contributed by atoms with E-state index < -0.39 is 0 Å². The van der Waals surface area contributed by atoms with Gasteiger partial charge in [-0.1, -0.05) is 24.3 Å². The fourth-order valence-corrected chi connectivity index (χ4v) is 3.16. The number of nitrogens with one attached hydrogen (secondary N) is 1. The normalized spacial score (nSPS) is 14.4. The number of anilines is 2. The molecule has 6 nitrogen and oxygen atoms in total. The highest BCUT2D eigenvalue weighted by molar-refractivity contribution is 5.90. The largest absolute Gasteiger partial charge is 0.365 e. The van der Waals surface area contributed by atoms with Crippen LogP contribution in [0.15, 0.2) is 48.5 Å². The molecule has 1 aliphatic heterocycles. The van der Waals surface area contributed by atoms with Crippen molar-refractivity contribution in [2.75, 3.05) is 36.4 Å². The summed E-state index contributed by atoms with van der Waals surface area (Å²) in [4.78, 5) is 24.2. The monoisotopic (exact) mass is 365 g/mol. The van der Waals surface area contributed by atoms with Gasteiger partial charge in [-0.05, 0) is 29.8 Å². The van der Waals surface area contributed by atoms with E-state index in [0.717, 1.165) is 28.7 Å². The van der Waals surface area contributed by atoms with E-state index in [0.29, 0.717) is 38.7 Å². The third-order valence-electron chi connectivity index (χ3n) is 4.71. The van der Waals surface area contributed by atoms with Crippen molar-refractivity contribution in [2.45, 2.75) is 6.54 Å². The summed E-state index contributed by atoms with van der Waals surface area (Å²) in [7, 11) is 0. The number of amides is 1. The highest BCUT2D eigenvalue weighted by Gasteiger charge is 2.19. The van der Waals surface area contributed by atoms with Gasteiger partial charge in [0, 0.05) is 38.1 Å². The molecule has 3 aromatic rings. The SMILES string of the molecule is O=CN1CCN(c2nc(NCc3ccc(F)cc3)c3ccccc3n2)CC1. The van der Waals surface area contributed by atoms with Crippen LogP contribution >= 0.6 is 0 Å². The van der Waals surface area contributed by atoms with Gasteiger partial charge in [0.25, 0.3) is 0 Å². The maximum atomic E-state index is 13.1. The number of aromatic nitrogens is 2. The third-order valence-corrected chi connectivity index (χ3v) is 4.71. The molecule has 0 bridgehead atoms. The van der Waals surface area contributed by atoms with Gasteiger partial charge in [-0.3, -0.25) is 4.79 Å². The summed E-state index contributed by atoms with van der Waals surface area (Å²) in [6, 6.07) is 14.3. The number of hydrogen-bond acceptors (Lipinski definition) is 5. The lowest BCUT2D eigenvalue weighted by atomic mass is 10.2. The van der Waals surface area contributed by atoms with Gasteiger partial charge in [0.15, 0.2) is 0 Å². The number of halogens is 1. The molecule has 1 amide bonds. The van der Waals surface area contributed by atoms with Crippen LogP contribution in [0.4, 0.5) is 16.2 Å². The predicted molar refractivity (Wildman–Crippen MR) is 103 cm³/mol. The number of para-hydroxylation sites is 1. The summed E-state index contributed by atoms with van der Waals surface area (Å²) in [5, 5.41) is 4.30. The average Bonchev–Trinajstić information content (AvgIpc) is 2.73. The summed E-state index contributed by atoms with van der Waals surface area (Å²) in [5.41, 5.74) is 1.84. The van der Waals surface area contributed by atoms with E-state index in [1.165, 1.54) is 12.1 Å². The zero-order valence-corrected chi connectivity index (χ0v) is 14.8. The number of benzene rings is 2. The molecule has 4 rings (SSSR count). The number of hydrogen-bond donors (Lipinski definition) is 1. The van der Waals surface area contributed by atoms with Gasteiger partial charge < -0.3 is 15.1 Å². The Morgan fingerprint density at radius 3 is 2.48 bits per heavy atom. The Hall–Kier alpha value is -3.22. The molecule has 2 heterocycles. The molecule has 27 heavy (non-hydrogen) atoms. The quantitative estimate of drug-likeness (QED) is 0.705. The third kappa shape index (κ3) is 3.81. The van der Waals surface area contributed by atoms with Crippen LogP contribution in [0.5, 0.6) is 0 Å². The van der Waals surface area contributed by atoms with Crippen LogP contribution in [-0.2, 0) is 11.3 Å². The minimum absolute atomic E-state index is 0.247. The summed E-state index contributed by atoms with van der Waals surface area (Å²) in [6.07, 6.45) is 0.883. The summed E-state index contributed by atoms with van der Waals surface area (Å²) >= 11 is 0. The fraction of sp³-hybridized carbons (Fsp3) is 0.250. The molecule has 138 valence electrons. The van der Waals surface area contributed by atoms with Crippen LogP contribution in [0, 0.1) is 5.82 Å². The predicted octanol–water partition coefficient (Wildman–Crippen LogP) is 2.66. The van der Waals surface area contributed by atoms with E-state index in [1.807, 2.05) is 24.3 Å². The Morgan fingerprint density at radius 2 is 1.74 bits per heavy atom. The van der Waals surface area contributed by atoms with Gasteiger partial charge in [0.1, 0.15) is 11.6 Å². The minimum atomic E-state index is -0.247. The molecule has 0 spiro atoms. The van der Waals surface area contributed by atoms with Gasteiger partial charge in [0.05, 0.1) is 5.52 Å². The molecule has 1 fully saturated rings. The van der Waals surface area contributed by atoms with Crippen molar-refractivity contribution in [3.63, 3.8) is 0 Å². The van der Waals surface area contributed by atoms with Crippen molar-refractivity contribution in [3.8, 4) is 0 Å². The Bertz CT molecular complexity index is 939. The van der Waals surface area contributed by atoms with E-state index in [1.54, 1.807) is 17.0 Å². The summed E-state index contributed by atoms with van der Waals surface area (Å²) in [6.45, 7) is 3.28. The van der Waals surface area contributed by atoms with Gasteiger partial charge in [-0.25, -0.2) is 9.37 Å². The van der Waals surface area contributed by atoms with E-state index in [4.69, 9.17) is 9.97 Å². The second-order valence-electron chi connectivity index (χ2n) is 6.50. The van der Waals surface area contributed by atoms with Crippen LogP contribution in [-0.4, -0.2) is 47.5 Å².